The molecule has 0 amide bonds. The van der Waals surface area contributed by atoms with Crippen molar-refractivity contribution in [1.29, 1.82) is 0 Å². The average Bonchev–Trinajstić information content (AvgIpc) is 3.25. The van der Waals surface area contributed by atoms with Crippen molar-refractivity contribution in [2.45, 2.75) is 4.34 Å². The van der Waals surface area contributed by atoms with E-state index in [4.69, 9.17) is 14.2 Å². The first kappa shape index (κ1) is 19.7. The Kier molecular flexibility index (Phi) is 6.39. The minimum atomic E-state index is -3.57. The van der Waals surface area contributed by atoms with Crippen molar-refractivity contribution < 1.29 is 22.6 Å². The molecule has 0 bridgehead atoms. The molecule has 0 saturated heterocycles. The molecule has 2 aromatic heterocycles. The molecule has 27 heavy (non-hydrogen) atoms. The second-order valence-electron chi connectivity index (χ2n) is 5.41. The molecule has 0 aliphatic heterocycles. The van der Waals surface area contributed by atoms with E-state index in [1.54, 1.807) is 13.3 Å². The van der Waals surface area contributed by atoms with Crippen LogP contribution >= 0.6 is 11.3 Å². The first-order valence-electron chi connectivity index (χ1n) is 8.13. The van der Waals surface area contributed by atoms with Gasteiger partial charge in [0.05, 0.1) is 31.7 Å². The van der Waals surface area contributed by atoms with E-state index in [1.165, 1.54) is 11.6 Å². The van der Waals surface area contributed by atoms with Crippen molar-refractivity contribution in [2.75, 3.05) is 40.6 Å². The van der Waals surface area contributed by atoms with Gasteiger partial charge in [-0.2, -0.15) is 0 Å². The molecule has 9 nitrogen and oxygen atoms in total. The van der Waals surface area contributed by atoms with Gasteiger partial charge in [0.2, 0.25) is 9.30 Å². The summed E-state index contributed by atoms with van der Waals surface area (Å²) < 4.78 is 43.1. The molecule has 0 saturated carbocycles. The fourth-order valence-corrected chi connectivity index (χ4v) is 4.10. The molecule has 11 heteroatoms. The van der Waals surface area contributed by atoms with E-state index >= 15 is 0 Å². The van der Waals surface area contributed by atoms with Crippen LogP contribution in [0.4, 0.5) is 0 Å². The van der Waals surface area contributed by atoms with Gasteiger partial charge in [-0.15, -0.1) is 5.10 Å². The Morgan fingerprint density at radius 1 is 1.15 bits per heavy atom. The van der Waals surface area contributed by atoms with Gasteiger partial charge < -0.3 is 14.2 Å². The fourth-order valence-electron chi connectivity index (χ4n) is 2.20. The quantitative estimate of drug-likeness (QED) is 0.502. The van der Waals surface area contributed by atoms with Crippen LogP contribution in [0.3, 0.4) is 0 Å². The number of ether oxygens (including phenoxy) is 3. The molecule has 0 atom stereocenters. The number of nitrogens with zero attached hydrogens (tertiary/aromatic N) is 3. The number of hydrogen-bond donors (Lipinski definition) is 1. The topological polar surface area (TPSA) is 104 Å². The van der Waals surface area contributed by atoms with Gasteiger partial charge in [-0.1, -0.05) is 11.3 Å². The molecule has 2 heterocycles. The predicted octanol–water partition coefficient (Wildman–Crippen LogP) is 1.41. The highest BCUT2D eigenvalue weighted by atomic mass is 32.2. The number of fused-ring (bicyclic) bond motifs is 1. The summed E-state index contributed by atoms with van der Waals surface area (Å²) in [5.41, 5.74) is 1.59. The number of sulfonamides is 1. The van der Waals surface area contributed by atoms with Crippen LogP contribution in [0.15, 0.2) is 34.8 Å². The van der Waals surface area contributed by atoms with Crippen molar-refractivity contribution in [3.05, 3.63) is 30.5 Å². The van der Waals surface area contributed by atoms with Crippen molar-refractivity contribution in [2.24, 2.45) is 0 Å². The smallest absolute Gasteiger partial charge is 0.269 e. The molecule has 0 aliphatic carbocycles. The minimum Gasteiger partial charge on any atom is -0.491 e. The van der Waals surface area contributed by atoms with Gasteiger partial charge in [-0.05, 0) is 31.3 Å². The number of aromatic nitrogens is 3. The molecule has 146 valence electrons. The molecule has 1 N–H and O–H groups in total. The van der Waals surface area contributed by atoms with Crippen LogP contribution in [0.25, 0.3) is 16.2 Å². The van der Waals surface area contributed by atoms with Gasteiger partial charge in [-0.25, -0.2) is 22.6 Å². The Hall–Kier alpha value is -2.05. The molecule has 0 aliphatic rings. The maximum atomic E-state index is 11.8. The second-order valence-corrected chi connectivity index (χ2v) is 8.42. The van der Waals surface area contributed by atoms with E-state index in [-0.39, 0.29) is 4.34 Å². The van der Waals surface area contributed by atoms with Gasteiger partial charge in [0.25, 0.3) is 10.0 Å². The van der Waals surface area contributed by atoms with E-state index < -0.39 is 10.0 Å². The van der Waals surface area contributed by atoms with Gasteiger partial charge in [0.15, 0.2) is 0 Å². The van der Waals surface area contributed by atoms with Crippen LogP contribution in [0.5, 0.6) is 5.75 Å². The second kappa shape index (κ2) is 8.76. The first-order valence-corrected chi connectivity index (χ1v) is 10.4. The zero-order valence-electron chi connectivity index (χ0n) is 14.9. The summed E-state index contributed by atoms with van der Waals surface area (Å²) in [6.07, 6.45) is 1.69. The average molecular weight is 412 g/mol. The summed E-state index contributed by atoms with van der Waals surface area (Å²) in [6, 6.07) is 7.47. The lowest BCUT2D eigenvalue weighted by molar-refractivity contribution is 0.0544. The maximum Gasteiger partial charge on any atom is 0.269 e. The molecule has 0 unspecified atom stereocenters. The van der Waals surface area contributed by atoms with Gasteiger partial charge in [0.1, 0.15) is 12.4 Å². The number of methoxy groups -OCH3 is 1. The first-order chi connectivity index (χ1) is 13.0. The Morgan fingerprint density at radius 3 is 2.56 bits per heavy atom. The van der Waals surface area contributed by atoms with Crippen LogP contribution in [-0.4, -0.2) is 63.6 Å². The number of nitrogens with one attached hydrogen (secondary N) is 1. The third-order valence-corrected chi connectivity index (χ3v) is 6.31. The largest absolute Gasteiger partial charge is 0.491 e. The summed E-state index contributed by atoms with van der Waals surface area (Å²) in [5.74, 6) is 0.732. The fraction of sp³-hybridized carbons (Fsp3) is 0.375. The summed E-state index contributed by atoms with van der Waals surface area (Å²) in [7, 11) is -0.590. The van der Waals surface area contributed by atoms with Crippen LogP contribution < -0.4 is 9.46 Å². The molecule has 0 spiro atoms. The van der Waals surface area contributed by atoms with Crippen molar-refractivity contribution in [3.63, 3.8) is 0 Å². The molecule has 0 radical (unpaired) electrons. The van der Waals surface area contributed by atoms with E-state index in [9.17, 15) is 8.42 Å². The van der Waals surface area contributed by atoms with E-state index in [0.717, 1.165) is 22.6 Å². The summed E-state index contributed by atoms with van der Waals surface area (Å²) >= 11 is 1.01. The summed E-state index contributed by atoms with van der Waals surface area (Å²) in [6.45, 7) is 2.05. The molecule has 3 aromatic rings. The Balaban J connectivity index is 1.62. The highest BCUT2D eigenvalue weighted by Crippen LogP contribution is 2.25. The lowest BCUT2D eigenvalue weighted by Gasteiger charge is -2.07. The van der Waals surface area contributed by atoms with E-state index in [0.29, 0.717) is 37.1 Å². The number of benzene rings is 1. The number of rotatable bonds is 10. The van der Waals surface area contributed by atoms with E-state index in [2.05, 4.69) is 14.8 Å². The van der Waals surface area contributed by atoms with Crippen molar-refractivity contribution >= 4 is 26.3 Å². The van der Waals surface area contributed by atoms with Crippen molar-refractivity contribution in [3.8, 4) is 17.0 Å². The van der Waals surface area contributed by atoms with E-state index in [1.807, 2.05) is 24.3 Å². The number of hydrogen-bond acceptors (Lipinski definition) is 8. The Labute approximate surface area is 160 Å². The Morgan fingerprint density at radius 2 is 1.89 bits per heavy atom. The monoisotopic (exact) mass is 412 g/mol. The third-order valence-electron chi connectivity index (χ3n) is 3.60. The lowest BCUT2D eigenvalue weighted by atomic mass is 10.2. The van der Waals surface area contributed by atoms with Crippen LogP contribution in [-0.2, 0) is 19.5 Å². The molecular formula is C16H20N4O5S2. The standard InChI is InChI=1S/C16H20N4O5S2/c1-17-27(21,22)16-19-20-11-14(18-15(20)26-16)12-3-5-13(6-4-12)25-10-9-24-8-7-23-2/h3-6,11,17H,7-10H2,1-2H3. The maximum absolute atomic E-state index is 11.8. The highest BCUT2D eigenvalue weighted by Gasteiger charge is 2.19. The number of imidazole rings is 1. The molecule has 0 fully saturated rings. The van der Waals surface area contributed by atoms with Gasteiger partial charge in [-0.3, -0.25) is 0 Å². The normalized spacial score (nSPS) is 11.9. The molecular weight excluding hydrogens is 392 g/mol. The molecule has 3 rings (SSSR count). The van der Waals surface area contributed by atoms with Crippen LogP contribution in [0.2, 0.25) is 0 Å². The highest BCUT2D eigenvalue weighted by molar-refractivity contribution is 7.91. The van der Waals surface area contributed by atoms with Crippen molar-refractivity contribution in [1.82, 2.24) is 19.3 Å². The minimum absolute atomic E-state index is 0.0180. The SMILES string of the molecule is CNS(=O)(=O)c1nn2cc(-c3ccc(OCCOCCOC)cc3)nc2s1. The third kappa shape index (κ3) is 4.82. The summed E-state index contributed by atoms with van der Waals surface area (Å²) in [4.78, 5) is 4.95. The van der Waals surface area contributed by atoms with Gasteiger partial charge >= 0.3 is 0 Å². The Bertz CT molecular complexity index is 951. The predicted molar refractivity (Wildman–Crippen MR) is 101 cm³/mol. The zero-order chi connectivity index (χ0) is 19.3. The summed E-state index contributed by atoms with van der Waals surface area (Å²) in [5, 5.41) is 4.06. The zero-order valence-corrected chi connectivity index (χ0v) is 16.5. The van der Waals surface area contributed by atoms with Crippen LogP contribution in [0, 0.1) is 0 Å². The molecule has 1 aromatic carbocycles. The van der Waals surface area contributed by atoms with Gasteiger partial charge in [0, 0.05) is 12.7 Å². The lowest BCUT2D eigenvalue weighted by Crippen LogP contribution is -2.18. The van der Waals surface area contributed by atoms with Crippen LogP contribution in [0.1, 0.15) is 0 Å².